The van der Waals surface area contributed by atoms with Gasteiger partial charge in [-0.3, -0.25) is 9.88 Å². The van der Waals surface area contributed by atoms with Gasteiger partial charge in [0, 0.05) is 36.9 Å². The van der Waals surface area contributed by atoms with Gasteiger partial charge < -0.3 is 5.32 Å². The zero-order chi connectivity index (χ0) is 18.6. The molecular formula is C22H27N5. The normalized spacial score (nSPS) is 15.9. The molecule has 4 rings (SSSR count). The lowest BCUT2D eigenvalue weighted by atomic mass is 9.91. The number of benzene rings is 1. The third-order valence-corrected chi connectivity index (χ3v) is 5.48. The molecule has 1 aromatic carbocycles. The highest BCUT2D eigenvalue weighted by molar-refractivity contribution is 5.81. The molecule has 0 radical (unpaired) electrons. The Morgan fingerprint density at radius 2 is 1.96 bits per heavy atom. The van der Waals surface area contributed by atoms with Gasteiger partial charge >= 0.3 is 0 Å². The van der Waals surface area contributed by atoms with E-state index in [2.05, 4.69) is 55.5 Å². The molecule has 3 heterocycles. The Kier molecular flexibility index (Phi) is 5.30. The molecule has 0 amide bonds. The van der Waals surface area contributed by atoms with Gasteiger partial charge in [0.2, 0.25) is 0 Å². The van der Waals surface area contributed by atoms with Crippen LogP contribution in [0.1, 0.15) is 29.9 Å². The molecular weight excluding hydrogens is 334 g/mol. The molecule has 5 heteroatoms. The van der Waals surface area contributed by atoms with Crippen molar-refractivity contribution < 1.29 is 0 Å². The average molecular weight is 361 g/mol. The van der Waals surface area contributed by atoms with Gasteiger partial charge in [0.05, 0.1) is 5.52 Å². The highest BCUT2D eigenvalue weighted by Crippen LogP contribution is 2.25. The van der Waals surface area contributed by atoms with E-state index in [1.54, 1.807) is 0 Å². The first-order valence-electron chi connectivity index (χ1n) is 9.78. The van der Waals surface area contributed by atoms with E-state index in [1.807, 2.05) is 26.2 Å². The number of nitrogens with one attached hydrogen (secondary N) is 1. The largest absolute Gasteiger partial charge is 0.373 e. The predicted molar refractivity (Wildman–Crippen MR) is 110 cm³/mol. The van der Waals surface area contributed by atoms with Gasteiger partial charge in [0.1, 0.15) is 11.6 Å². The molecule has 3 aromatic rings. The summed E-state index contributed by atoms with van der Waals surface area (Å²) < 4.78 is 0. The average Bonchev–Trinajstić information content (AvgIpc) is 2.69. The standard InChI is InChI=1S/C22H27N5/c1-16-25-19(14-22(23-2)26-16)13-17-8-11-27(12-9-17)15-18-5-3-7-21-20(18)6-4-10-24-21/h3-7,10,14,17H,8-9,11-13,15H2,1-2H3,(H,23,25,26). The summed E-state index contributed by atoms with van der Waals surface area (Å²) in [5.41, 5.74) is 3.62. The van der Waals surface area contributed by atoms with Crippen molar-refractivity contribution in [1.82, 2.24) is 19.9 Å². The fourth-order valence-electron chi connectivity index (χ4n) is 4.05. The fourth-order valence-corrected chi connectivity index (χ4v) is 4.05. The summed E-state index contributed by atoms with van der Waals surface area (Å²) in [4.78, 5) is 16.1. The number of fused-ring (bicyclic) bond motifs is 1. The number of aromatic nitrogens is 3. The van der Waals surface area contributed by atoms with Crippen molar-refractivity contribution in [3.05, 3.63) is 59.7 Å². The molecule has 1 fully saturated rings. The van der Waals surface area contributed by atoms with Crippen molar-refractivity contribution in [2.45, 2.75) is 32.7 Å². The van der Waals surface area contributed by atoms with Gasteiger partial charge in [-0.05, 0) is 62.9 Å². The van der Waals surface area contributed by atoms with E-state index in [0.29, 0.717) is 5.92 Å². The second-order valence-corrected chi connectivity index (χ2v) is 7.45. The minimum absolute atomic E-state index is 0.703. The number of nitrogens with zero attached hydrogens (tertiary/aromatic N) is 4. The Morgan fingerprint density at radius 3 is 2.78 bits per heavy atom. The van der Waals surface area contributed by atoms with E-state index < -0.39 is 0 Å². The number of rotatable bonds is 5. The fraction of sp³-hybridized carbons (Fsp3) is 0.409. The van der Waals surface area contributed by atoms with Crippen LogP contribution in [0.2, 0.25) is 0 Å². The van der Waals surface area contributed by atoms with Gasteiger partial charge in [0.25, 0.3) is 0 Å². The van der Waals surface area contributed by atoms with Crippen molar-refractivity contribution in [2.24, 2.45) is 5.92 Å². The quantitative estimate of drug-likeness (QED) is 0.748. The summed E-state index contributed by atoms with van der Waals surface area (Å²) in [6.07, 6.45) is 5.36. The summed E-state index contributed by atoms with van der Waals surface area (Å²) in [7, 11) is 1.91. The van der Waals surface area contributed by atoms with E-state index in [4.69, 9.17) is 0 Å². The van der Waals surface area contributed by atoms with Gasteiger partial charge in [-0.15, -0.1) is 0 Å². The van der Waals surface area contributed by atoms with Gasteiger partial charge in [-0.1, -0.05) is 18.2 Å². The number of hydrogen-bond donors (Lipinski definition) is 1. The second-order valence-electron chi connectivity index (χ2n) is 7.45. The Balaban J connectivity index is 1.37. The van der Waals surface area contributed by atoms with Crippen molar-refractivity contribution in [3.63, 3.8) is 0 Å². The van der Waals surface area contributed by atoms with Crippen LogP contribution in [0.5, 0.6) is 0 Å². The van der Waals surface area contributed by atoms with Crippen LogP contribution in [0.3, 0.4) is 0 Å². The lowest BCUT2D eigenvalue weighted by Gasteiger charge is -2.32. The first kappa shape index (κ1) is 17.9. The molecule has 27 heavy (non-hydrogen) atoms. The minimum atomic E-state index is 0.703. The Morgan fingerprint density at radius 1 is 1.11 bits per heavy atom. The van der Waals surface area contributed by atoms with E-state index in [9.17, 15) is 0 Å². The number of piperidine rings is 1. The van der Waals surface area contributed by atoms with Crippen molar-refractivity contribution in [1.29, 1.82) is 0 Å². The molecule has 0 saturated carbocycles. The molecule has 0 bridgehead atoms. The number of pyridine rings is 1. The number of likely N-dealkylation sites (tertiary alicyclic amines) is 1. The van der Waals surface area contributed by atoms with Crippen LogP contribution in [0.25, 0.3) is 10.9 Å². The van der Waals surface area contributed by atoms with Crippen LogP contribution in [0, 0.1) is 12.8 Å². The zero-order valence-corrected chi connectivity index (χ0v) is 16.2. The maximum Gasteiger partial charge on any atom is 0.129 e. The molecule has 1 aliphatic heterocycles. The highest BCUT2D eigenvalue weighted by atomic mass is 15.1. The molecule has 5 nitrogen and oxygen atoms in total. The summed E-state index contributed by atoms with van der Waals surface area (Å²) in [5.74, 6) is 2.47. The number of aryl methyl sites for hydroxylation is 1. The van der Waals surface area contributed by atoms with Crippen LogP contribution >= 0.6 is 0 Å². The van der Waals surface area contributed by atoms with Gasteiger partial charge in [-0.25, -0.2) is 9.97 Å². The van der Waals surface area contributed by atoms with Crippen LogP contribution < -0.4 is 5.32 Å². The van der Waals surface area contributed by atoms with Crippen molar-refractivity contribution >= 4 is 16.7 Å². The molecule has 0 spiro atoms. The first-order chi connectivity index (χ1) is 13.2. The van der Waals surface area contributed by atoms with Crippen LogP contribution in [-0.2, 0) is 13.0 Å². The Labute approximate surface area is 160 Å². The molecule has 1 N–H and O–H groups in total. The zero-order valence-electron chi connectivity index (χ0n) is 16.2. The topological polar surface area (TPSA) is 53.9 Å². The van der Waals surface area contributed by atoms with Crippen molar-refractivity contribution in [3.8, 4) is 0 Å². The lowest BCUT2D eigenvalue weighted by Crippen LogP contribution is -2.34. The highest BCUT2D eigenvalue weighted by Gasteiger charge is 2.21. The molecule has 0 aliphatic carbocycles. The maximum absolute atomic E-state index is 4.63. The van der Waals surface area contributed by atoms with Crippen LogP contribution in [0.4, 0.5) is 5.82 Å². The minimum Gasteiger partial charge on any atom is -0.373 e. The molecule has 0 atom stereocenters. The van der Waals surface area contributed by atoms with E-state index >= 15 is 0 Å². The third kappa shape index (κ3) is 4.25. The van der Waals surface area contributed by atoms with E-state index in [-0.39, 0.29) is 0 Å². The van der Waals surface area contributed by atoms with Crippen molar-refractivity contribution in [2.75, 3.05) is 25.5 Å². The summed E-state index contributed by atoms with van der Waals surface area (Å²) in [6.45, 7) is 5.26. The van der Waals surface area contributed by atoms with Gasteiger partial charge in [-0.2, -0.15) is 0 Å². The number of anilines is 1. The monoisotopic (exact) mass is 361 g/mol. The molecule has 140 valence electrons. The number of hydrogen-bond acceptors (Lipinski definition) is 5. The molecule has 2 aromatic heterocycles. The van der Waals surface area contributed by atoms with E-state index in [0.717, 1.165) is 48.9 Å². The summed E-state index contributed by atoms with van der Waals surface area (Å²) in [6, 6.07) is 12.7. The summed E-state index contributed by atoms with van der Waals surface area (Å²) >= 11 is 0. The first-order valence-corrected chi connectivity index (χ1v) is 9.78. The van der Waals surface area contributed by atoms with Gasteiger partial charge in [0.15, 0.2) is 0 Å². The smallest absolute Gasteiger partial charge is 0.129 e. The molecule has 1 aliphatic rings. The Hall–Kier alpha value is -2.53. The predicted octanol–water partition coefficient (Wildman–Crippen LogP) is 3.83. The third-order valence-electron chi connectivity index (χ3n) is 5.48. The Bertz CT molecular complexity index is 910. The van der Waals surface area contributed by atoms with Crippen LogP contribution in [-0.4, -0.2) is 40.0 Å². The molecule has 1 saturated heterocycles. The molecule has 0 unspecified atom stereocenters. The van der Waals surface area contributed by atoms with Crippen LogP contribution in [0.15, 0.2) is 42.6 Å². The SMILES string of the molecule is CNc1cc(CC2CCN(Cc3cccc4ncccc34)CC2)nc(C)n1. The lowest BCUT2D eigenvalue weighted by molar-refractivity contribution is 0.177. The maximum atomic E-state index is 4.63. The summed E-state index contributed by atoms with van der Waals surface area (Å²) in [5, 5.41) is 4.41. The second kappa shape index (κ2) is 8.01. The van der Waals surface area contributed by atoms with E-state index in [1.165, 1.54) is 23.8 Å².